The largest absolute Gasteiger partial charge is 0.493 e. The van der Waals surface area contributed by atoms with Crippen LogP contribution < -0.4 is 45.5 Å². The molecular weight excluding hydrogens is 1210 g/mol. The molecule has 8 aromatic rings. The van der Waals surface area contributed by atoms with Crippen molar-refractivity contribution in [3.05, 3.63) is 207 Å². The molecule has 4 heterocycles. The van der Waals surface area contributed by atoms with Crippen LogP contribution >= 0.6 is 0 Å². The molecule has 94 heavy (non-hydrogen) atoms. The topological polar surface area (TPSA) is 313 Å². The zero-order valence-electron chi connectivity index (χ0n) is 50.1. The van der Waals surface area contributed by atoms with Crippen molar-refractivity contribution in [1.29, 1.82) is 0 Å². The molecule has 0 atom stereocenters. The van der Waals surface area contributed by atoms with Gasteiger partial charge in [-0.05, 0) is 197 Å². The third-order valence-electron chi connectivity index (χ3n) is 15.0. The Hall–Kier alpha value is -8.78. The number of aliphatic hydroxyl groups excluding tert-OH is 5. The lowest BCUT2D eigenvalue weighted by atomic mass is 9.64. The summed E-state index contributed by atoms with van der Waals surface area (Å²) in [6, 6.07) is 41.6. The summed E-state index contributed by atoms with van der Waals surface area (Å²) in [6.45, 7) is 7.11. The zero-order valence-corrected chi connectivity index (χ0v) is 50.1. The third-order valence-corrected chi connectivity index (χ3v) is 15.0. The molecule has 4 aliphatic rings. The van der Waals surface area contributed by atoms with Gasteiger partial charge in [-0.3, -0.25) is 19.2 Å². The third kappa shape index (κ3) is 18.1. The van der Waals surface area contributed by atoms with Gasteiger partial charge in [0.1, 0.15) is 78.2 Å². The Balaban J connectivity index is 0.000000197. The first kappa shape index (κ1) is 74.3. The summed E-state index contributed by atoms with van der Waals surface area (Å²) < 4.78 is 49.6. The van der Waals surface area contributed by atoms with E-state index in [1.165, 1.54) is 11.5 Å². The zero-order chi connectivity index (χ0) is 64.9. The van der Waals surface area contributed by atoms with Crippen molar-refractivity contribution in [1.82, 2.24) is 0 Å². The van der Waals surface area contributed by atoms with Gasteiger partial charge < -0.3 is 82.9 Å². The average Bonchev–Trinajstić information content (AvgIpc) is 1.63. The lowest BCUT2D eigenvalue weighted by Gasteiger charge is -2.12. The fourth-order valence-electron chi connectivity index (χ4n) is 10.3. The highest BCUT2D eigenvalue weighted by Gasteiger charge is 2.30. The Labute approximate surface area is 547 Å². The summed E-state index contributed by atoms with van der Waals surface area (Å²) in [5, 5.41) is 74.0. The van der Waals surface area contributed by atoms with Gasteiger partial charge in [-0.15, -0.1) is 0 Å². The van der Waals surface area contributed by atoms with Crippen molar-refractivity contribution < 1.29 is 102 Å². The molecule has 8 N–H and O–H groups in total. The highest BCUT2D eigenvalue weighted by molar-refractivity contribution is 6.67. The Morgan fingerprint density at radius 2 is 0.691 bits per heavy atom. The first-order chi connectivity index (χ1) is 43.9. The Morgan fingerprint density at radius 1 is 0.394 bits per heavy atom. The second-order valence-electron chi connectivity index (χ2n) is 21.1. The molecule has 0 aliphatic carbocycles. The van der Waals surface area contributed by atoms with Crippen molar-refractivity contribution in [2.75, 3.05) is 33.0 Å². The smallest absolute Gasteiger partial charge is 0.491 e. The lowest BCUT2D eigenvalue weighted by Crippen LogP contribution is -2.27. The minimum absolute atomic E-state index is 0. The van der Waals surface area contributed by atoms with Gasteiger partial charge in [0.2, 0.25) is 0 Å². The number of carbonyl (C=O) groups excluding carboxylic acids is 4. The number of aryl methyl sites for hydroxylation is 2. The van der Waals surface area contributed by atoms with Crippen LogP contribution in [0.15, 0.2) is 146 Å². The Kier molecular flexibility index (Phi) is 27.2. The first-order valence-electron chi connectivity index (χ1n) is 28.9. The molecule has 25 heteroatoms. The van der Waals surface area contributed by atoms with Crippen LogP contribution in [0.5, 0.6) is 51.7 Å². The minimum atomic E-state index is -0.899. The molecule has 0 bridgehead atoms. The first-order valence-corrected chi connectivity index (χ1v) is 28.9. The minimum Gasteiger partial charge on any atom is -0.493 e. The second kappa shape index (κ2) is 34.4. The van der Waals surface area contributed by atoms with Crippen LogP contribution in [0.1, 0.15) is 110 Å². The SMILES string of the molecule is C.C.C.CB1OCc2cc(Oc3ccc(C(=O)CO)c(C)c3)ccc21.CCOc1cc(Oc2ccc3c(c2)COB3O)ccc1C(=O)CO.Cc1cc(Oc2ccc3c(c2)COB3O)ccc1C(=O)CO.O=C(CO)c1ccc(Oc2ccc3c(c2)COB3O)cc1CO. The summed E-state index contributed by atoms with van der Waals surface area (Å²) in [7, 11) is -2.65. The average molecular weight is 1280 g/mol. The molecule has 0 radical (unpaired) electrons. The highest BCUT2D eigenvalue weighted by Crippen LogP contribution is 2.32. The number of ketones is 4. The van der Waals surface area contributed by atoms with Gasteiger partial charge in [-0.25, -0.2) is 0 Å². The van der Waals surface area contributed by atoms with Crippen molar-refractivity contribution in [2.45, 2.75) is 82.9 Å². The standard InChI is InChI=1S/C17H17BO6.C17H17BO4.C16H15BO6.C16H15BO5.3CH4/c1-2-22-17-8-13(3-5-14(17)16(20)9-19)24-12-4-6-15-11(7-12)10-23-18(15)21;1-11-7-13(3-5-15(11)17(20)9-19)22-14-4-6-16-12(8-14)10-21-18(16)2;18-7-10-5-12(1-3-14(10)16(20)8-19)23-13-2-4-15-11(6-13)9-22-17(15)21;1-10-6-12(2-4-14(10)16(19)8-18)22-13-3-5-15-11(7-13)9-21-17(15)20;;;/h3-8,19,21H,2,9-10H2,1H3;3-8,19H,9-10H2,1-2H3;1-6,18-19,21H,7-9H2;2-7,18,20H,8-9H2,1H3;3*1H4. The van der Waals surface area contributed by atoms with E-state index in [1.54, 1.807) is 122 Å². The van der Waals surface area contributed by atoms with Gasteiger partial charge in [-0.1, -0.05) is 53.4 Å². The van der Waals surface area contributed by atoms with Crippen LogP contribution in [-0.2, 0) is 51.7 Å². The van der Waals surface area contributed by atoms with Crippen LogP contribution in [0.25, 0.3) is 0 Å². The molecule has 0 unspecified atom stereocenters. The van der Waals surface area contributed by atoms with Crippen LogP contribution in [0.3, 0.4) is 0 Å². The molecule has 0 aromatic heterocycles. The molecule has 0 spiro atoms. The summed E-state index contributed by atoms with van der Waals surface area (Å²) in [6.07, 6.45) is 0. The summed E-state index contributed by atoms with van der Waals surface area (Å²) in [5.74, 6) is 3.68. The Morgan fingerprint density at radius 3 is 1.06 bits per heavy atom. The lowest BCUT2D eigenvalue weighted by molar-refractivity contribution is 0.0894. The fraction of sp³-hybridized carbons (Fsp3) is 0.246. The van der Waals surface area contributed by atoms with Crippen LogP contribution in [0.2, 0.25) is 6.82 Å². The van der Waals surface area contributed by atoms with Crippen LogP contribution in [0, 0.1) is 13.8 Å². The predicted octanol–water partition coefficient (Wildman–Crippen LogP) is 7.04. The van der Waals surface area contributed by atoms with Gasteiger partial charge in [0, 0.05) is 22.8 Å². The maximum absolute atomic E-state index is 11.7. The summed E-state index contributed by atoms with van der Waals surface area (Å²) >= 11 is 0. The fourth-order valence-corrected chi connectivity index (χ4v) is 10.3. The molecule has 0 fully saturated rings. The Bertz CT molecular complexity index is 3850. The summed E-state index contributed by atoms with van der Waals surface area (Å²) in [5.41, 5.74) is 10.7. The quantitative estimate of drug-likeness (QED) is 0.0297. The monoisotopic (exact) mass is 1280 g/mol. The maximum Gasteiger partial charge on any atom is 0.491 e. The molecule has 8 aromatic carbocycles. The number of carbonyl (C=O) groups is 4. The molecule has 4 aliphatic heterocycles. The van der Waals surface area contributed by atoms with E-state index >= 15 is 0 Å². The number of fused-ring (bicyclic) bond motifs is 4. The van der Waals surface area contributed by atoms with Gasteiger partial charge in [0.15, 0.2) is 23.1 Å². The van der Waals surface area contributed by atoms with E-state index in [-0.39, 0.29) is 52.9 Å². The highest BCUT2D eigenvalue weighted by atomic mass is 16.5. The van der Waals surface area contributed by atoms with Crippen molar-refractivity contribution in [3.63, 3.8) is 0 Å². The number of hydrogen-bond acceptors (Lipinski definition) is 21. The van der Waals surface area contributed by atoms with E-state index in [0.29, 0.717) is 101 Å². The maximum atomic E-state index is 11.7. The number of ether oxygens (including phenoxy) is 5. The predicted molar refractivity (Wildman–Crippen MR) is 357 cm³/mol. The molecule has 12 rings (SSSR count). The number of aliphatic hydroxyl groups is 5. The molecule has 490 valence electrons. The molecule has 0 amide bonds. The number of hydrogen-bond donors (Lipinski definition) is 8. The van der Waals surface area contributed by atoms with Crippen LogP contribution in [0.4, 0.5) is 0 Å². The number of rotatable bonds is 19. The van der Waals surface area contributed by atoms with E-state index in [1.807, 2.05) is 44.9 Å². The van der Waals surface area contributed by atoms with Crippen molar-refractivity contribution >= 4 is 73.3 Å². The van der Waals surface area contributed by atoms with Gasteiger partial charge in [0.05, 0.1) is 45.2 Å². The molecule has 0 saturated carbocycles. The second-order valence-corrected chi connectivity index (χ2v) is 21.1. The molecule has 21 nitrogen and oxygen atoms in total. The normalized spacial score (nSPS) is 12.6. The number of Topliss-reactive ketones (excluding diaryl/α,β-unsaturated/α-hetero) is 4. The van der Waals surface area contributed by atoms with E-state index in [9.17, 15) is 39.4 Å². The van der Waals surface area contributed by atoms with Gasteiger partial charge in [0.25, 0.3) is 0 Å². The van der Waals surface area contributed by atoms with E-state index in [4.69, 9.17) is 62.7 Å². The number of benzene rings is 8. The van der Waals surface area contributed by atoms with Crippen molar-refractivity contribution in [2.24, 2.45) is 0 Å². The van der Waals surface area contributed by atoms with Gasteiger partial charge >= 0.3 is 28.3 Å². The molecular formula is C69H76B4O21. The van der Waals surface area contributed by atoms with E-state index in [0.717, 1.165) is 55.5 Å². The summed E-state index contributed by atoms with van der Waals surface area (Å²) in [4.78, 5) is 46.4. The van der Waals surface area contributed by atoms with Gasteiger partial charge in [-0.2, -0.15) is 0 Å². The van der Waals surface area contributed by atoms with Crippen LogP contribution in [-0.4, -0.2) is 125 Å². The van der Waals surface area contributed by atoms with E-state index < -0.39 is 59.3 Å². The van der Waals surface area contributed by atoms with Crippen molar-refractivity contribution in [3.8, 4) is 51.7 Å². The van der Waals surface area contributed by atoms with E-state index in [2.05, 4.69) is 0 Å². The molecule has 0 saturated heterocycles.